The van der Waals surface area contributed by atoms with Crippen LogP contribution >= 0.6 is 0 Å². The molecule has 4 heteroatoms. The van der Waals surface area contributed by atoms with Crippen molar-refractivity contribution in [2.75, 3.05) is 6.54 Å². The van der Waals surface area contributed by atoms with Crippen molar-refractivity contribution in [3.8, 4) is 0 Å². The van der Waals surface area contributed by atoms with Crippen LogP contribution in [0.4, 0.5) is 0 Å². The Morgan fingerprint density at radius 3 is 2.42 bits per heavy atom. The molecule has 4 nitrogen and oxygen atoms in total. The summed E-state index contributed by atoms with van der Waals surface area (Å²) < 4.78 is 0. The van der Waals surface area contributed by atoms with Gasteiger partial charge in [-0.25, -0.2) is 0 Å². The third-order valence-corrected chi connectivity index (χ3v) is 4.84. The minimum Gasteiger partial charge on any atom is -0.390 e. The summed E-state index contributed by atoms with van der Waals surface area (Å²) in [6.07, 6.45) is 2.47. The zero-order valence-corrected chi connectivity index (χ0v) is 13.4. The molecule has 24 heavy (non-hydrogen) atoms. The van der Waals surface area contributed by atoms with Gasteiger partial charge in [-0.3, -0.25) is 4.79 Å². The predicted molar refractivity (Wildman–Crippen MR) is 92.8 cm³/mol. The molecule has 1 N–H and O–H groups in total. The lowest BCUT2D eigenvalue weighted by Crippen LogP contribution is -2.39. The van der Waals surface area contributed by atoms with Crippen LogP contribution in [-0.4, -0.2) is 24.3 Å². The minimum absolute atomic E-state index is 0.0873. The van der Waals surface area contributed by atoms with Crippen molar-refractivity contribution in [3.05, 3.63) is 71.8 Å². The summed E-state index contributed by atoms with van der Waals surface area (Å²) in [5.74, 6) is 0.102. The normalized spacial score (nSPS) is 20.8. The second-order valence-electron chi connectivity index (χ2n) is 6.49. The van der Waals surface area contributed by atoms with Crippen LogP contribution in [0, 0.1) is 0 Å². The molecule has 0 aromatic heterocycles. The molecule has 1 fully saturated rings. The Bertz CT molecular complexity index is 752. The summed E-state index contributed by atoms with van der Waals surface area (Å²) >= 11 is 0. The van der Waals surface area contributed by atoms with Crippen LogP contribution < -0.4 is 5.32 Å². The standard InChI is InChI=1S/C20H20N2O2/c23-19(20(11-12-20)16-9-5-2-6-10-16)21-14-17-13-18(22-24-17)15-7-3-1-4-8-15/h1-10,17H,11-14H2,(H,21,23). The fourth-order valence-electron chi connectivity index (χ4n) is 3.24. The Morgan fingerprint density at radius 1 is 1.08 bits per heavy atom. The molecular formula is C20H20N2O2. The Hall–Kier alpha value is -2.62. The average Bonchev–Trinajstić information content (AvgIpc) is 3.33. The van der Waals surface area contributed by atoms with Gasteiger partial charge < -0.3 is 10.2 Å². The van der Waals surface area contributed by atoms with Crippen LogP contribution in [0.25, 0.3) is 0 Å². The van der Waals surface area contributed by atoms with Gasteiger partial charge in [0.25, 0.3) is 0 Å². The number of nitrogens with zero attached hydrogens (tertiary/aromatic N) is 1. The maximum absolute atomic E-state index is 12.6. The highest BCUT2D eigenvalue weighted by Crippen LogP contribution is 2.48. The maximum Gasteiger partial charge on any atom is 0.230 e. The summed E-state index contributed by atoms with van der Waals surface area (Å²) in [7, 11) is 0. The molecule has 1 amide bonds. The van der Waals surface area contributed by atoms with E-state index in [2.05, 4.69) is 10.5 Å². The highest BCUT2D eigenvalue weighted by molar-refractivity contribution is 6.01. The molecular weight excluding hydrogens is 300 g/mol. The van der Waals surface area contributed by atoms with Crippen LogP contribution in [0.2, 0.25) is 0 Å². The highest BCUT2D eigenvalue weighted by Gasteiger charge is 2.51. The molecule has 0 spiro atoms. The molecule has 0 radical (unpaired) electrons. The van der Waals surface area contributed by atoms with E-state index in [1.807, 2.05) is 60.7 Å². The Balaban J connectivity index is 1.33. The molecule has 2 aromatic carbocycles. The topological polar surface area (TPSA) is 50.7 Å². The first kappa shape index (κ1) is 14.9. The molecule has 1 aliphatic heterocycles. The largest absolute Gasteiger partial charge is 0.390 e. The summed E-state index contributed by atoms with van der Waals surface area (Å²) in [4.78, 5) is 18.1. The van der Waals surface area contributed by atoms with Crippen molar-refractivity contribution in [2.24, 2.45) is 5.16 Å². The van der Waals surface area contributed by atoms with E-state index in [-0.39, 0.29) is 17.4 Å². The highest BCUT2D eigenvalue weighted by atomic mass is 16.6. The SMILES string of the molecule is O=C(NCC1CC(c2ccccc2)=NO1)C1(c2ccccc2)CC1. The third kappa shape index (κ3) is 2.80. The molecule has 2 aliphatic rings. The van der Waals surface area contributed by atoms with Gasteiger partial charge in [0.2, 0.25) is 5.91 Å². The molecule has 0 bridgehead atoms. The molecule has 1 atom stereocenters. The number of benzene rings is 2. The Kier molecular flexibility index (Phi) is 3.81. The minimum atomic E-state index is -0.330. The molecule has 4 rings (SSSR count). The number of hydrogen-bond acceptors (Lipinski definition) is 3. The van der Waals surface area contributed by atoms with Crippen molar-refractivity contribution in [1.29, 1.82) is 0 Å². The number of oxime groups is 1. The van der Waals surface area contributed by atoms with Crippen molar-refractivity contribution in [2.45, 2.75) is 30.8 Å². The van der Waals surface area contributed by atoms with E-state index in [1.165, 1.54) is 0 Å². The summed E-state index contributed by atoms with van der Waals surface area (Å²) in [6, 6.07) is 20.0. The summed E-state index contributed by atoms with van der Waals surface area (Å²) in [5, 5.41) is 7.23. The lowest BCUT2D eigenvalue weighted by atomic mass is 9.95. The van der Waals surface area contributed by atoms with E-state index in [0.717, 1.165) is 36.1 Å². The van der Waals surface area contributed by atoms with E-state index in [1.54, 1.807) is 0 Å². The molecule has 1 heterocycles. The van der Waals surface area contributed by atoms with Gasteiger partial charge in [0.15, 0.2) is 0 Å². The van der Waals surface area contributed by atoms with Gasteiger partial charge in [-0.2, -0.15) is 0 Å². The van der Waals surface area contributed by atoms with Gasteiger partial charge in [-0.1, -0.05) is 65.8 Å². The predicted octanol–water partition coefficient (Wildman–Crippen LogP) is 3.03. The molecule has 1 saturated carbocycles. The van der Waals surface area contributed by atoms with E-state index < -0.39 is 0 Å². The van der Waals surface area contributed by atoms with Crippen LogP contribution in [-0.2, 0) is 15.0 Å². The lowest BCUT2D eigenvalue weighted by molar-refractivity contribution is -0.124. The second kappa shape index (κ2) is 6.11. The van der Waals surface area contributed by atoms with Crippen LogP contribution in [0.3, 0.4) is 0 Å². The Labute approximate surface area is 141 Å². The Morgan fingerprint density at radius 2 is 1.75 bits per heavy atom. The van der Waals surface area contributed by atoms with E-state index in [9.17, 15) is 4.79 Å². The quantitative estimate of drug-likeness (QED) is 0.920. The number of hydrogen-bond donors (Lipinski definition) is 1. The van der Waals surface area contributed by atoms with E-state index >= 15 is 0 Å². The van der Waals surface area contributed by atoms with Gasteiger partial charge in [-0.15, -0.1) is 0 Å². The first-order valence-corrected chi connectivity index (χ1v) is 8.40. The first-order chi connectivity index (χ1) is 11.8. The monoisotopic (exact) mass is 320 g/mol. The van der Waals surface area contributed by atoms with E-state index in [0.29, 0.717) is 6.54 Å². The number of nitrogens with one attached hydrogen (secondary N) is 1. The second-order valence-corrected chi connectivity index (χ2v) is 6.49. The molecule has 1 aliphatic carbocycles. The van der Waals surface area contributed by atoms with Crippen LogP contribution in [0.15, 0.2) is 65.8 Å². The van der Waals surface area contributed by atoms with Crippen LogP contribution in [0.5, 0.6) is 0 Å². The molecule has 2 aromatic rings. The zero-order valence-electron chi connectivity index (χ0n) is 13.4. The van der Waals surface area contributed by atoms with Gasteiger partial charge in [-0.05, 0) is 24.0 Å². The van der Waals surface area contributed by atoms with Gasteiger partial charge in [0.05, 0.1) is 17.7 Å². The van der Waals surface area contributed by atoms with E-state index in [4.69, 9.17) is 4.84 Å². The van der Waals surface area contributed by atoms with Gasteiger partial charge >= 0.3 is 0 Å². The molecule has 122 valence electrons. The smallest absolute Gasteiger partial charge is 0.230 e. The molecule has 1 unspecified atom stereocenters. The number of amides is 1. The fourth-order valence-corrected chi connectivity index (χ4v) is 3.24. The number of rotatable bonds is 5. The third-order valence-electron chi connectivity index (χ3n) is 4.84. The first-order valence-electron chi connectivity index (χ1n) is 8.40. The zero-order chi connectivity index (χ0) is 16.4. The average molecular weight is 320 g/mol. The maximum atomic E-state index is 12.6. The molecule has 0 saturated heterocycles. The van der Waals surface area contributed by atoms with Crippen molar-refractivity contribution >= 4 is 11.6 Å². The van der Waals surface area contributed by atoms with Crippen molar-refractivity contribution < 1.29 is 9.63 Å². The fraction of sp³-hybridized carbons (Fsp3) is 0.300. The number of carbonyl (C=O) groups is 1. The van der Waals surface area contributed by atoms with Crippen molar-refractivity contribution in [1.82, 2.24) is 5.32 Å². The summed E-state index contributed by atoms with van der Waals surface area (Å²) in [5.41, 5.74) is 2.80. The number of carbonyl (C=O) groups excluding carboxylic acids is 1. The summed E-state index contributed by atoms with van der Waals surface area (Å²) in [6.45, 7) is 0.493. The van der Waals surface area contributed by atoms with Gasteiger partial charge in [0, 0.05) is 6.42 Å². The lowest BCUT2D eigenvalue weighted by Gasteiger charge is -2.17. The van der Waals surface area contributed by atoms with Gasteiger partial charge in [0.1, 0.15) is 6.10 Å². The van der Waals surface area contributed by atoms with Crippen molar-refractivity contribution in [3.63, 3.8) is 0 Å². The van der Waals surface area contributed by atoms with Crippen LogP contribution in [0.1, 0.15) is 30.4 Å².